The lowest BCUT2D eigenvalue weighted by Gasteiger charge is -2.11. The molecule has 0 spiro atoms. The predicted molar refractivity (Wildman–Crippen MR) is 55.8 cm³/mol. The Labute approximate surface area is 80.2 Å². The fourth-order valence-corrected chi connectivity index (χ4v) is 2.17. The molecule has 0 heterocycles. The van der Waals surface area contributed by atoms with Crippen molar-refractivity contribution >= 4 is 0 Å². The average Bonchev–Trinajstić information content (AvgIpc) is 2.81. The minimum Gasteiger partial charge on any atom is -0.319 e. The number of hydrogen-bond donors (Lipinski definition) is 1. The summed E-state index contributed by atoms with van der Waals surface area (Å²) in [6.45, 7) is 3.51. The summed E-state index contributed by atoms with van der Waals surface area (Å²) in [6, 6.07) is 10.8. The van der Waals surface area contributed by atoms with Crippen LogP contribution in [0.3, 0.4) is 0 Å². The molecule has 0 aliphatic heterocycles. The minimum atomic E-state index is 0.449. The Morgan fingerprint density at radius 1 is 1.38 bits per heavy atom. The maximum absolute atomic E-state index is 3.25. The van der Waals surface area contributed by atoms with Gasteiger partial charge in [0.1, 0.15) is 0 Å². The van der Waals surface area contributed by atoms with Gasteiger partial charge in [0.2, 0.25) is 0 Å². The Morgan fingerprint density at radius 3 is 2.69 bits per heavy atom. The van der Waals surface area contributed by atoms with Crippen molar-refractivity contribution < 1.29 is 0 Å². The summed E-state index contributed by atoms with van der Waals surface area (Å²) in [5.41, 5.74) is 1.94. The maximum atomic E-state index is 3.25. The van der Waals surface area contributed by atoms with Gasteiger partial charge in [0.15, 0.2) is 0 Å². The van der Waals surface area contributed by atoms with Crippen LogP contribution in [0, 0.1) is 5.92 Å². The Balaban J connectivity index is 2.11. The first-order valence-corrected chi connectivity index (χ1v) is 4.97. The van der Waals surface area contributed by atoms with Gasteiger partial charge >= 0.3 is 0 Å². The van der Waals surface area contributed by atoms with Crippen LogP contribution < -0.4 is 5.32 Å². The molecule has 70 valence electrons. The molecule has 0 saturated heterocycles. The second kappa shape index (κ2) is 3.15. The summed E-state index contributed by atoms with van der Waals surface area (Å²) in [6.07, 6.45) is 1.33. The van der Waals surface area contributed by atoms with Gasteiger partial charge in [-0.15, -0.1) is 0 Å². The molecule has 1 saturated carbocycles. The molecule has 1 aliphatic rings. The van der Waals surface area contributed by atoms with Crippen molar-refractivity contribution in [2.24, 2.45) is 5.92 Å². The monoisotopic (exact) mass is 175 g/mol. The third kappa shape index (κ3) is 1.49. The molecule has 1 nitrogen and oxygen atoms in total. The summed E-state index contributed by atoms with van der Waals surface area (Å²) in [5.74, 6) is 0.833. The molecule has 0 radical (unpaired) electrons. The standard InChI is InChI=1S/C12H17N/c1-12(8-11(12)9-13-2)10-6-4-3-5-7-10/h3-7,11,13H,8-9H2,1-2H3/t11-,12-/m0/s1. The molecule has 0 amide bonds. The third-order valence-electron chi connectivity index (χ3n) is 3.30. The predicted octanol–water partition coefficient (Wildman–Crippen LogP) is 2.18. The zero-order chi connectivity index (χ0) is 9.31. The smallest absolute Gasteiger partial charge is 0.00148 e. The number of benzene rings is 1. The summed E-state index contributed by atoms with van der Waals surface area (Å²) >= 11 is 0. The fourth-order valence-electron chi connectivity index (χ4n) is 2.17. The zero-order valence-corrected chi connectivity index (χ0v) is 8.38. The number of rotatable bonds is 3. The Kier molecular flexibility index (Phi) is 2.12. The molecule has 2 rings (SSSR count). The molecule has 1 aromatic carbocycles. The van der Waals surface area contributed by atoms with Gasteiger partial charge in [-0.1, -0.05) is 37.3 Å². The zero-order valence-electron chi connectivity index (χ0n) is 8.38. The summed E-state index contributed by atoms with van der Waals surface area (Å²) < 4.78 is 0. The van der Waals surface area contributed by atoms with E-state index in [1.165, 1.54) is 12.0 Å². The van der Waals surface area contributed by atoms with Crippen LogP contribution in [-0.4, -0.2) is 13.6 Å². The van der Waals surface area contributed by atoms with Crippen molar-refractivity contribution in [3.05, 3.63) is 35.9 Å². The van der Waals surface area contributed by atoms with E-state index in [0.717, 1.165) is 12.5 Å². The first kappa shape index (κ1) is 8.76. The van der Waals surface area contributed by atoms with Gasteiger partial charge in [0, 0.05) is 0 Å². The van der Waals surface area contributed by atoms with Gasteiger partial charge in [-0.05, 0) is 36.9 Å². The largest absolute Gasteiger partial charge is 0.319 e. The number of nitrogens with one attached hydrogen (secondary N) is 1. The van der Waals surface area contributed by atoms with E-state index in [0.29, 0.717) is 5.41 Å². The van der Waals surface area contributed by atoms with E-state index in [9.17, 15) is 0 Å². The van der Waals surface area contributed by atoms with E-state index in [1.807, 2.05) is 7.05 Å². The van der Waals surface area contributed by atoms with Crippen molar-refractivity contribution in [3.63, 3.8) is 0 Å². The first-order chi connectivity index (χ1) is 6.27. The highest BCUT2D eigenvalue weighted by molar-refractivity contribution is 5.32. The highest BCUT2D eigenvalue weighted by atomic mass is 14.8. The maximum Gasteiger partial charge on any atom is -0.00148 e. The molecule has 13 heavy (non-hydrogen) atoms. The van der Waals surface area contributed by atoms with Gasteiger partial charge in [-0.25, -0.2) is 0 Å². The molecular weight excluding hydrogens is 158 g/mol. The molecule has 1 N–H and O–H groups in total. The summed E-state index contributed by atoms with van der Waals surface area (Å²) in [7, 11) is 2.03. The highest BCUT2D eigenvalue weighted by Crippen LogP contribution is 2.53. The van der Waals surface area contributed by atoms with Crippen LogP contribution in [-0.2, 0) is 5.41 Å². The normalized spacial score (nSPS) is 31.7. The van der Waals surface area contributed by atoms with Crippen molar-refractivity contribution in [1.29, 1.82) is 0 Å². The molecular formula is C12H17N. The van der Waals surface area contributed by atoms with Gasteiger partial charge < -0.3 is 5.32 Å². The average molecular weight is 175 g/mol. The molecule has 0 aromatic heterocycles. The van der Waals surface area contributed by atoms with Gasteiger partial charge in [-0.2, -0.15) is 0 Å². The first-order valence-electron chi connectivity index (χ1n) is 4.97. The fraction of sp³-hybridized carbons (Fsp3) is 0.500. The van der Waals surface area contributed by atoms with Crippen molar-refractivity contribution in [2.45, 2.75) is 18.8 Å². The van der Waals surface area contributed by atoms with Crippen LogP contribution >= 0.6 is 0 Å². The SMILES string of the molecule is CNC[C@@H]1C[C@@]1(C)c1ccccc1. The minimum absolute atomic E-state index is 0.449. The second-order valence-electron chi connectivity index (χ2n) is 4.24. The summed E-state index contributed by atoms with van der Waals surface area (Å²) in [5, 5.41) is 3.25. The van der Waals surface area contributed by atoms with Crippen LogP contribution in [0.1, 0.15) is 18.9 Å². The lowest BCUT2D eigenvalue weighted by Crippen LogP contribution is -2.15. The van der Waals surface area contributed by atoms with Crippen LogP contribution in [0.15, 0.2) is 30.3 Å². The van der Waals surface area contributed by atoms with E-state index >= 15 is 0 Å². The topological polar surface area (TPSA) is 12.0 Å². The van der Waals surface area contributed by atoms with Crippen LogP contribution in [0.5, 0.6) is 0 Å². The summed E-state index contributed by atoms with van der Waals surface area (Å²) in [4.78, 5) is 0. The van der Waals surface area contributed by atoms with E-state index in [1.54, 1.807) is 0 Å². The highest BCUT2D eigenvalue weighted by Gasteiger charge is 2.50. The van der Waals surface area contributed by atoms with E-state index < -0.39 is 0 Å². The van der Waals surface area contributed by atoms with Crippen LogP contribution in [0.4, 0.5) is 0 Å². The molecule has 0 bridgehead atoms. The van der Waals surface area contributed by atoms with Crippen molar-refractivity contribution in [1.82, 2.24) is 5.32 Å². The van der Waals surface area contributed by atoms with Crippen LogP contribution in [0.2, 0.25) is 0 Å². The number of hydrogen-bond acceptors (Lipinski definition) is 1. The van der Waals surface area contributed by atoms with Crippen molar-refractivity contribution in [3.8, 4) is 0 Å². The molecule has 1 aromatic rings. The lowest BCUT2D eigenvalue weighted by atomic mass is 9.96. The van der Waals surface area contributed by atoms with Gasteiger partial charge in [0.25, 0.3) is 0 Å². The third-order valence-corrected chi connectivity index (χ3v) is 3.30. The Morgan fingerprint density at radius 2 is 2.08 bits per heavy atom. The molecule has 2 atom stereocenters. The molecule has 1 fully saturated rings. The lowest BCUT2D eigenvalue weighted by molar-refractivity contribution is 0.617. The van der Waals surface area contributed by atoms with E-state index in [-0.39, 0.29) is 0 Å². The molecule has 0 unspecified atom stereocenters. The second-order valence-corrected chi connectivity index (χ2v) is 4.24. The Hall–Kier alpha value is -0.820. The van der Waals surface area contributed by atoms with Gasteiger partial charge in [-0.3, -0.25) is 0 Å². The Bertz CT molecular complexity index is 280. The van der Waals surface area contributed by atoms with Crippen LogP contribution in [0.25, 0.3) is 0 Å². The molecule has 1 heteroatoms. The van der Waals surface area contributed by atoms with E-state index in [4.69, 9.17) is 0 Å². The molecule has 1 aliphatic carbocycles. The van der Waals surface area contributed by atoms with E-state index in [2.05, 4.69) is 42.6 Å². The quantitative estimate of drug-likeness (QED) is 0.742. The van der Waals surface area contributed by atoms with Gasteiger partial charge in [0.05, 0.1) is 0 Å². The van der Waals surface area contributed by atoms with Crippen molar-refractivity contribution in [2.75, 3.05) is 13.6 Å².